The summed E-state index contributed by atoms with van der Waals surface area (Å²) in [6.45, 7) is 1.98. The number of aliphatic carboxylic acids is 1. The van der Waals surface area contributed by atoms with Crippen molar-refractivity contribution in [3.05, 3.63) is 21.4 Å². The molecule has 4 heteroatoms. The van der Waals surface area contributed by atoms with Crippen LogP contribution in [0.2, 0.25) is 0 Å². The quantitative estimate of drug-likeness (QED) is 0.712. The van der Waals surface area contributed by atoms with Gasteiger partial charge >= 0.3 is 5.97 Å². The minimum atomic E-state index is -1.12. The summed E-state index contributed by atoms with van der Waals surface area (Å²) in [5.41, 5.74) is 5.53. The summed E-state index contributed by atoms with van der Waals surface area (Å²) in [5, 5.41) is 9.01. The summed E-state index contributed by atoms with van der Waals surface area (Å²) >= 11 is 1.65. The van der Waals surface area contributed by atoms with Crippen LogP contribution in [-0.2, 0) is 16.8 Å². The van der Waals surface area contributed by atoms with Gasteiger partial charge in [-0.1, -0.05) is 0 Å². The maximum atomic E-state index is 11.0. The molecule has 0 aromatic carbocycles. The maximum absolute atomic E-state index is 11.0. The lowest BCUT2D eigenvalue weighted by atomic mass is 9.95. The first-order valence-corrected chi connectivity index (χ1v) is 4.98. The van der Waals surface area contributed by atoms with Gasteiger partial charge in [-0.15, -0.1) is 11.3 Å². The number of carboxylic acids is 1. The molecule has 3 nitrogen and oxygen atoms in total. The van der Waals surface area contributed by atoms with E-state index in [0.717, 1.165) is 21.7 Å². The molecule has 1 aliphatic carbocycles. The summed E-state index contributed by atoms with van der Waals surface area (Å²) in [6.07, 6.45) is 1.33. The zero-order valence-corrected chi connectivity index (χ0v) is 8.15. The van der Waals surface area contributed by atoms with E-state index in [1.807, 2.05) is 13.0 Å². The van der Waals surface area contributed by atoms with E-state index in [1.54, 1.807) is 11.3 Å². The Balaban J connectivity index is 2.53. The number of carboxylic acid groups (broad SMARTS) is 1. The van der Waals surface area contributed by atoms with Gasteiger partial charge in [-0.2, -0.15) is 0 Å². The highest BCUT2D eigenvalue weighted by molar-refractivity contribution is 7.12. The van der Waals surface area contributed by atoms with Gasteiger partial charge in [-0.3, -0.25) is 0 Å². The Morgan fingerprint density at radius 3 is 3.08 bits per heavy atom. The fraction of sp³-hybridized carbons (Fsp3) is 0.444. The van der Waals surface area contributed by atoms with Crippen molar-refractivity contribution in [3.63, 3.8) is 0 Å². The normalized spacial score (nSPS) is 26.0. The molecule has 3 N–H and O–H groups in total. The number of hydrogen-bond acceptors (Lipinski definition) is 3. The second-order valence-corrected chi connectivity index (χ2v) is 4.81. The van der Waals surface area contributed by atoms with Gasteiger partial charge in [-0.05, 0) is 31.4 Å². The Kier molecular flexibility index (Phi) is 1.72. The Hall–Kier alpha value is -0.870. The van der Waals surface area contributed by atoms with E-state index in [4.69, 9.17) is 10.8 Å². The van der Waals surface area contributed by atoms with Crippen molar-refractivity contribution >= 4 is 17.3 Å². The van der Waals surface area contributed by atoms with Crippen molar-refractivity contribution in [1.82, 2.24) is 0 Å². The molecule has 1 unspecified atom stereocenters. The first kappa shape index (κ1) is 8.72. The van der Waals surface area contributed by atoms with Crippen LogP contribution in [0.5, 0.6) is 0 Å². The van der Waals surface area contributed by atoms with Crippen molar-refractivity contribution in [2.75, 3.05) is 0 Å². The predicted octanol–water partition coefficient (Wildman–Crippen LogP) is 1.24. The zero-order chi connectivity index (χ0) is 9.64. The van der Waals surface area contributed by atoms with Crippen molar-refractivity contribution in [3.8, 4) is 0 Å². The monoisotopic (exact) mass is 197 g/mol. The molecule has 0 saturated heterocycles. The molecule has 13 heavy (non-hydrogen) atoms. The number of carbonyl (C=O) groups is 1. The summed E-state index contributed by atoms with van der Waals surface area (Å²) in [6, 6.07) is 1.90. The van der Waals surface area contributed by atoms with Gasteiger partial charge in [-0.25, -0.2) is 4.79 Å². The molecule has 1 aliphatic rings. The molecule has 0 amide bonds. The molecule has 1 aromatic heterocycles. The van der Waals surface area contributed by atoms with Crippen molar-refractivity contribution in [1.29, 1.82) is 0 Å². The first-order valence-electron chi connectivity index (χ1n) is 4.16. The van der Waals surface area contributed by atoms with Gasteiger partial charge in [0.2, 0.25) is 0 Å². The molecule has 0 aliphatic heterocycles. The molecular weight excluding hydrogens is 186 g/mol. The smallest absolute Gasteiger partial charge is 0.328 e. The van der Waals surface area contributed by atoms with Crippen molar-refractivity contribution in [2.24, 2.45) is 5.73 Å². The molecule has 1 atom stereocenters. The number of fused-ring (bicyclic) bond motifs is 1. The van der Waals surface area contributed by atoms with Crippen LogP contribution in [-0.4, -0.2) is 11.1 Å². The molecule has 0 saturated carbocycles. The molecule has 70 valence electrons. The Labute approximate surface area is 80.2 Å². The van der Waals surface area contributed by atoms with Gasteiger partial charge in [0.15, 0.2) is 0 Å². The van der Waals surface area contributed by atoms with Crippen LogP contribution >= 0.6 is 11.3 Å². The third-order valence-electron chi connectivity index (χ3n) is 2.54. The first-order chi connectivity index (χ1) is 6.04. The summed E-state index contributed by atoms with van der Waals surface area (Å²) in [7, 11) is 0. The van der Waals surface area contributed by atoms with E-state index < -0.39 is 11.5 Å². The molecule has 1 aromatic rings. The van der Waals surface area contributed by atoms with Gasteiger partial charge in [0.1, 0.15) is 5.54 Å². The lowest BCUT2D eigenvalue weighted by Crippen LogP contribution is -2.42. The van der Waals surface area contributed by atoms with Crippen LogP contribution in [0.3, 0.4) is 0 Å². The van der Waals surface area contributed by atoms with Gasteiger partial charge in [0.25, 0.3) is 0 Å². The lowest BCUT2D eigenvalue weighted by Gasteiger charge is -2.17. The molecule has 0 bridgehead atoms. The number of nitrogens with two attached hydrogens (primary N) is 1. The number of aryl methyl sites for hydroxylation is 2. The lowest BCUT2D eigenvalue weighted by molar-refractivity contribution is -0.143. The number of hydrogen-bond donors (Lipinski definition) is 2. The Bertz CT molecular complexity index is 372. The predicted molar refractivity (Wildman–Crippen MR) is 50.9 cm³/mol. The number of rotatable bonds is 1. The SMILES string of the molecule is Cc1cc2c(s1)CCC2(N)C(=O)O. The van der Waals surface area contributed by atoms with Crippen LogP contribution in [0.25, 0.3) is 0 Å². The average molecular weight is 197 g/mol. The second-order valence-electron chi connectivity index (χ2n) is 3.47. The third-order valence-corrected chi connectivity index (χ3v) is 3.65. The van der Waals surface area contributed by atoms with E-state index in [-0.39, 0.29) is 0 Å². The highest BCUT2D eigenvalue weighted by atomic mass is 32.1. The summed E-state index contributed by atoms with van der Waals surface area (Å²) in [4.78, 5) is 13.3. The number of thiophene rings is 1. The van der Waals surface area contributed by atoms with E-state index in [0.29, 0.717) is 6.42 Å². The van der Waals surface area contributed by atoms with E-state index in [1.165, 1.54) is 0 Å². The Morgan fingerprint density at radius 1 is 1.77 bits per heavy atom. The third kappa shape index (κ3) is 1.09. The molecule has 0 spiro atoms. The van der Waals surface area contributed by atoms with Crippen LogP contribution in [0, 0.1) is 6.92 Å². The van der Waals surface area contributed by atoms with E-state index in [2.05, 4.69) is 0 Å². The largest absolute Gasteiger partial charge is 0.480 e. The maximum Gasteiger partial charge on any atom is 0.328 e. The highest BCUT2D eigenvalue weighted by Crippen LogP contribution is 2.39. The fourth-order valence-electron chi connectivity index (χ4n) is 1.79. The molecule has 0 fully saturated rings. The van der Waals surface area contributed by atoms with E-state index >= 15 is 0 Å². The van der Waals surface area contributed by atoms with Gasteiger partial charge in [0.05, 0.1) is 0 Å². The van der Waals surface area contributed by atoms with Crippen molar-refractivity contribution < 1.29 is 9.90 Å². The Morgan fingerprint density at radius 2 is 2.46 bits per heavy atom. The fourth-order valence-corrected chi connectivity index (χ4v) is 2.91. The van der Waals surface area contributed by atoms with Crippen LogP contribution in [0.4, 0.5) is 0 Å². The van der Waals surface area contributed by atoms with Crippen LogP contribution in [0.15, 0.2) is 6.07 Å². The van der Waals surface area contributed by atoms with Crippen LogP contribution in [0.1, 0.15) is 21.7 Å². The minimum absolute atomic E-state index is 0.532. The van der Waals surface area contributed by atoms with Crippen LogP contribution < -0.4 is 5.73 Å². The zero-order valence-electron chi connectivity index (χ0n) is 7.33. The summed E-state index contributed by atoms with van der Waals surface area (Å²) in [5.74, 6) is -0.913. The van der Waals surface area contributed by atoms with Gasteiger partial charge < -0.3 is 10.8 Å². The molecule has 1 heterocycles. The summed E-state index contributed by atoms with van der Waals surface area (Å²) < 4.78 is 0. The highest BCUT2D eigenvalue weighted by Gasteiger charge is 2.43. The minimum Gasteiger partial charge on any atom is -0.480 e. The average Bonchev–Trinajstić information content (AvgIpc) is 2.53. The molecule has 0 radical (unpaired) electrons. The topological polar surface area (TPSA) is 63.3 Å². The van der Waals surface area contributed by atoms with Gasteiger partial charge in [0, 0.05) is 9.75 Å². The molecule has 2 rings (SSSR count). The molecular formula is C9H11NO2S. The standard InChI is InChI=1S/C9H11NO2S/c1-5-4-6-7(13-5)2-3-9(6,10)8(11)12/h4H,2-3,10H2,1H3,(H,11,12). The second kappa shape index (κ2) is 2.56. The van der Waals surface area contributed by atoms with E-state index in [9.17, 15) is 4.79 Å². The van der Waals surface area contributed by atoms with Crippen molar-refractivity contribution in [2.45, 2.75) is 25.3 Å².